The van der Waals surface area contributed by atoms with E-state index in [1.54, 1.807) is 18.2 Å². The molecule has 0 aliphatic rings. The number of benzene rings is 1. The van der Waals surface area contributed by atoms with Gasteiger partial charge in [0.05, 0.1) is 13.2 Å². The third-order valence-corrected chi connectivity index (χ3v) is 2.98. The summed E-state index contributed by atoms with van der Waals surface area (Å²) in [6, 6.07) is 5.23. The van der Waals surface area contributed by atoms with Crippen molar-refractivity contribution in [2.24, 2.45) is 0 Å². The molecule has 0 heterocycles. The van der Waals surface area contributed by atoms with Gasteiger partial charge in [0.2, 0.25) is 0 Å². The fraction of sp³-hybridized carbons (Fsp3) is 0.538. The zero-order valence-corrected chi connectivity index (χ0v) is 12.2. The van der Waals surface area contributed by atoms with E-state index in [0.29, 0.717) is 30.4 Å². The van der Waals surface area contributed by atoms with Crippen LogP contribution >= 0.6 is 11.8 Å². The summed E-state index contributed by atoms with van der Waals surface area (Å²) < 4.78 is 46.8. The van der Waals surface area contributed by atoms with E-state index in [0.717, 1.165) is 0 Å². The second-order valence-electron chi connectivity index (χ2n) is 3.75. The highest BCUT2D eigenvalue weighted by Gasteiger charge is 2.27. The van der Waals surface area contributed by atoms with E-state index < -0.39 is 5.51 Å². The minimum absolute atomic E-state index is 0.0399. The third kappa shape index (κ3) is 6.27. The van der Waals surface area contributed by atoms with E-state index >= 15 is 0 Å². The Kier molecular flexibility index (Phi) is 6.84. The predicted octanol–water partition coefficient (Wildman–Crippen LogP) is 4.15. The summed E-state index contributed by atoms with van der Waals surface area (Å²) in [6.45, 7) is 4.97. The molecule has 0 bridgehead atoms. The Morgan fingerprint density at radius 2 is 1.75 bits per heavy atom. The van der Waals surface area contributed by atoms with Crippen molar-refractivity contribution >= 4 is 17.4 Å². The van der Waals surface area contributed by atoms with Crippen molar-refractivity contribution in [3.8, 4) is 11.5 Å². The molecule has 0 atom stereocenters. The average molecular weight is 309 g/mol. The minimum Gasteiger partial charge on any atom is -0.490 e. The van der Waals surface area contributed by atoms with E-state index in [4.69, 9.17) is 9.47 Å². The number of anilines is 1. The van der Waals surface area contributed by atoms with E-state index in [9.17, 15) is 13.2 Å². The molecule has 1 N–H and O–H groups in total. The van der Waals surface area contributed by atoms with Gasteiger partial charge in [-0.15, -0.1) is 0 Å². The number of halogens is 3. The van der Waals surface area contributed by atoms with Crippen molar-refractivity contribution < 1.29 is 22.6 Å². The van der Waals surface area contributed by atoms with Crippen molar-refractivity contribution in [2.75, 3.05) is 30.8 Å². The smallest absolute Gasteiger partial charge is 0.441 e. The van der Waals surface area contributed by atoms with Crippen LogP contribution in [-0.2, 0) is 0 Å². The first-order valence-electron chi connectivity index (χ1n) is 6.30. The van der Waals surface area contributed by atoms with Crippen LogP contribution in [0.5, 0.6) is 11.5 Å². The molecule has 114 valence electrons. The maximum absolute atomic E-state index is 12.0. The van der Waals surface area contributed by atoms with Gasteiger partial charge in [-0.05, 0) is 37.7 Å². The largest absolute Gasteiger partial charge is 0.490 e. The van der Waals surface area contributed by atoms with Gasteiger partial charge in [0.25, 0.3) is 0 Å². The van der Waals surface area contributed by atoms with Crippen LogP contribution in [0.4, 0.5) is 18.9 Å². The number of nitrogens with one attached hydrogen (secondary N) is 1. The molecule has 1 aromatic rings. The van der Waals surface area contributed by atoms with Crippen molar-refractivity contribution in [3.63, 3.8) is 0 Å². The standard InChI is InChI=1S/C13H18F3NO2S/c1-3-18-11-6-5-10(9-12(11)19-4-2)17-7-8-20-13(14,15)16/h5-6,9,17H,3-4,7-8H2,1-2H3. The summed E-state index contributed by atoms with van der Waals surface area (Å²) >= 11 is -0.0399. The highest BCUT2D eigenvalue weighted by Crippen LogP contribution is 2.32. The fourth-order valence-electron chi connectivity index (χ4n) is 1.52. The number of hydrogen-bond acceptors (Lipinski definition) is 4. The second kappa shape index (κ2) is 8.14. The Bertz CT molecular complexity index is 413. The minimum atomic E-state index is -4.18. The van der Waals surface area contributed by atoms with Gasteiger partial charge >= 0.3 is 5.51 Å². The molecular formula is C13H18F3NO2S. The summed E-state index contributed by atoms with van der Waals surface area (Å²) in [5.41, 5.74) is -3.48. The molecule has 0 spiro atoms. The maximum atomic E-state index is 12.0. The Labute approximate surface area is 120 Å². The first kappa shape index (κ1) is 16.8. The van der Waals surface area contributed by atoms with Crippen LogP contribution in [-0.4, -0.2) is 31.0 Å². The van der Waals surface area contributed by atoms with Crippen molar-refractivity contribution in [1.29, 1.82) is 0 Å². The van der Waals surface area contributed by atoms with Crippen molar-refractivity contribution in [1.82, 2.24) is 0 Å². The normalized spacial score (nSPS) is 11.2. The molecule has 0 aliphatic heterocycles. The van der Waals surface area contributed by atoms with Crippen LogP contribution in [0.3, 0.4) is 0 Å². The summed E-state index contributed by atoms with van der Waals surface area (Å²) in [5, 5.41) is 2.93. The molecule has 0 saturated carbocycles. The van der Waals surface area contributed by atoms with Gasteiger partial charge in [0.1, 0.15) is 0 Å². The summed E-state index contributed by atoms with van der Waals surface area (Å²) in [4.78, 5) is 0. The van der Waals surface area contributed by atoms with E-state index in [1.165, 1.54) is 0 Å². The molecule has 1 aromatic carbocycles. The van der Waals surface area contributed by atoms with Crippen LogP contribution in [0.1, 0.15) is 13.8 Å². The lowest BCUT2D eigenvalue weighted by molar-refractivity contribution is -0.0327. The molecule has 0 saturated heterocycles. The molecule has 20 heavy (non-hydrogen) atoms. The highest BCUT2D eigenvalue weighted by molar-refractivity contribution is 8.00. The highest BCUT2D eigenvalue weighted by atomic mass is 32.2. The van der Waals surface area contributed by atoms with Gasteiger partial charge in [-0.3, -0.25) is 0 Å². The lowest BCUT2D eigenvalue weighted by Gasteiger charge is -2.13. The number of rotatable bonds is 8. The van der Waals surface area contributed by atoms with E-state index in [2.05, 4.69) is 5.32 Å². The van der Waals surface area contributed by atoms with Crippen molar-refractivity contribution in [3.05, 3.63) is 18.2 Å². The van der Waals surface area contributed by atoms with Crippen molar-refractivity contribution in [2.45, 2.75) is 19.4 Å². The predicted molar refractivity (Wildman–Crippen MR) is 75.8 cm³/mol. The number of ether oxygens (including phenoxy) is 2. The zero-order valence-electron chi connectivity index (χ0n) is 11.4. The molecule has 0 aromatic heterocycles. The van der Waals surface area contributed by atoms with Gasteiger partial charge in [-0.1, -0.05) is 0 Å². The van der Waals surface area contributed by atoms with Gasteiger partial charge in [0.15, 0.2) is 11.5 Å². The Hall–Kier alpha value is -1.24. The molecule has 0 unspecified atom stereocenters. The number of thioether (sulfide) groups is 1. The zero-order chi connectivity index (χ0) is 15.0. The van der Waals surface area contributed by atoms with Crippen LogP contribution in [0, 0.1) is 0 Å². The average Bonchev–Trinajstić information content (AvgIpc) is 2.37. The lowest BCUT2D eigenvalue weighted by Crippen LogP contribution is -2.09. The molecule has 0 aliphatic carbocycles. The first-order chi connectivity index (χ1) is 9.46. The quantitative estimate of drug-likeness (QED) is 0.731. The van der Waals surface area contributed by atoms with Gasteiger partial charge < -0.3 is 14.8 Å². The van der Waals surface area contributed by atoms with Crippen LogP contribution < -0.4 is 14.8 Å². The second-order valence-corrected chi connectivity index (χ2v) is 4.91. The van der Waals surface area contributed by atoms with Crippen LogP contribution in [0.2, 0.25) is 0 Å². The molecule has 1 rings (SSSR count). The first-order valence-corrected chi connectivity index (χ1v) is 7.29. The molecule has 7 heteroatoms. The number of alkyl halides is 3. The van der Waals surface area contributed by atoms with Gasteiger partial charge in [-0.2, -0.15) is 13.2 Å². The fourth-order valence-corrected chi connectivity index (χ4v) is 1.96. The Balaban J connectivity index is 2.56. The van der Waals surface area contributed by atoms with E-state index in [1.807, 2.05) is 13.8 Å². The lowest BCUT2D eigenvalue weighted by atomic mass is 10.2. The molecule has 0 fully saturated rings. The van der Waals surface area contributed by atoms with E-state index in [-0.39, 0.29) is 24.1 Å². The Morgan fingerprint density at radius 1 is 1.10 bits per heavy atom. The SMILES string of the molecule is CCOc1ccc(NCCSC(F)(F)F)cc1OCC. The van der Waals surface area contributed by atoms with Crippen LogP contribution in [0.25, 0.3) is 0 Å². The topological polar surface area (TPSA) is 30.5 Å². The molecule has 0 amide bonds. The summed E-state index contributed by atoms with van der Waals surface area (Å²) in [6.07, 6.45) is 0. The van der Waals surface area contributed by atoms with Gasteiger partial charge in [0, 0.05) is 24.1 Å². The number of hydrogen-bond donors (Lipinski definition) is 1. The maximum Gasteiger partial charge on any atom is 0.441 e. The monoisotopic (exact) mass is 309 g/mol. The summed E-state index contributed by atoms with van der Waals surface area (Å²) in [5.74, 6) is 1.17. The summed E-state index contributed by atoms with van der Waals surface area (Å²) in [7, 11) is 0. The third-order valence-electron chi connectivity index (χ3n) is 2.24. The van der Waals surface area contributed by atoms with Crippen LogP contribution in [0.15, 0.2) is 18.2 Å². The van der Waals surface area contributed by atoms with Gasteiger partial charge in [-0.25, -0.2) is 0 Å². The molecule has 0 radical (unpaired) electrons. The molecular weight excluding hydrogens is 291 g/mol. The Morgan fingerprint density at radius 3 is 2.35 bits per heavy atom. The molecule has 3 nitrogen and oxygen atoms in total.